The molecule has 1 heterocycles. The Balaban J connectivity index is 2.27. The van der Waals surface area contributed by atoms with Gasteiger partial charge >= 0.3 is 0 Å². The minimum Gasteiger partial charge on any atom is -0.383 e. The summed E-state index contributed by atoms with van der Waals surface area (Å²) in [4.78, 5) is 4.11. The molecule has 2 nitrogen and oxygen atoms in total. The van der Waals surface area contributed by atoms with Gasteiger partial charge in [0, 0.05) is 6.20 Å². The van der Waals surface area contributed by atoms with Gasteiger partial charge in [-0.2, -0.15) is 0 Å². The lowest BCUT2D eigenvalue weighted by atomic mass is 9.81. The molecule has 0 spiro atoms. The number of aromatic nitrogens is 1. The van der Waals surface area contributed by atoms with Gasteiger partial charge in [-0.3, -0.25) is 0 Å². The fourth-order valence-electron chi connectivity index (χ4n) is 1.43. The lowest BCUT2D eigenvalue weighted by molar-refractivity contribution is 0.419. The molecule has 2 rings (SSSR count). The number of hydrogen-bond donors (Lipinski definition) is 1. The molecule has 12 heavy (non-hydrogen) atoms. The van der Waals surface area contributed by atoms with Crippen molar-refractivity contribution in [1.82, 2.24) is 4.98 Å². The van der Waals surface area contributed by atoms with Crippen molar-refractivity contribution in [3.63, 3.8) is 0 Å². The highest BCUT2D eigenvalue weighted by Crippen LogP contribution is 2.37. The van der Waals surface area contributed by atoms with Gasteiger partial charge in [-0.15, -0.1) is 0 Å². The molecule has 64 valence electrons. The first-order chi connectivity index (χ1) is 5.77. The molecule has 1 aromatic heterocycles. The van der Waals surface area contributed by atoms with Crippen LogP contribution >= 0.6 is 15.9 Å². The van der Waals surface area contributed by atoms with Crippen molar-refractivity contribution in [2.75, 3.05) is 5.73 Å². The van der Waals surface area contributed by atoms with Crippen molar-refractivity contribution >= 4 is 21.7 Å². The molecular weight excluding hydrogens is 216 g/mol. The quantitative estimate of drug-likeness (QED) is 0.800. The largest absolute Gasteiger partial charge is 0.383 e. The minimum absolute atomic E-state index is 0.582. The summed E-state index contributed by atoms with van der Waals surface area (Å²) in [6.07, 6.45) is 5.85. The number of hydrogen-bond acceptors (Lipinski definition) is 2. The van der Waals surface area contributed by atoms with E-state index in [0.29, 0.717) is 5.82 Å². The van der Waals surface area contributed by atoms with Crippen LogP contribution < -0.4 is 5.73 Å². The van der Waals surface area contributed by atoms with E-state index in [1.807, 2.05) is 6.20 Å². The van der Waals surface area contributed by atoms with E-state index in [1.54, 1.807) is 0 Å². The van der Waals surface area contributed by atoms with Gasteiger partial charge in [-0.1, -0.05) is 6.42 Å². The average Bonchev–Trinajstić information content (AvgIpc) is 1.93. The van der Waals surface area contributed by atoms with Gasteiger partial charge in [-0.25, -0.2) is 4.98 Å². The van der Waals surface area contributed by atoms with Crippen LogP contribution in [0.25, 0.3) is 0 Å². The second-order valence-electron chi connectivity index (χ2n) is 3.26. The Labute approximate surface area is 80.3 Å². The summed E-state index contributed by atoms with van der Waals surface area (Å²) in [6, 6.07) is 2.09. The van der Waals surface area contributed by atoms with E-state index in [1.165, 1.54) is 24.8 Å². The van der Waals surface area contributed by atoms with Gasteiger partial charge in [-0.05, 0) is 46.3 Å². The lowest BCUT2D eigenvalue weighted by Gasteiger charge is -2.25. The molecule has 3 heteroatoms. The maximum absolute atomic E-state index is 5.59. The molecule has 0 unspecified atom stereocenters. The number of pyridine rings is 1. The van der Waals surface area contributed by atoms with Crippen LogP contribution in [0, 0.1) is 0 Å². The van der Waals surface area contributed by atoms with Gasteiger partial charge in [0.2, 0.25) is 0 Å². The Morgan fingerprint density at radius 1 is 1.50 bits per heavy atom. The van der Waals surface area contributed by atoms with Crippen LogP contribution in [-0.2, 0) is 0 Å². The smallest absolute Gasteiger partial charge is 0.137 e. The zero-order valence-electron chi connectivity index (χ0n) is 6.76. The van der Waals surface area contributed by atoms with Crippen molar-refractivity contribution < 1.29 is 0 Å². The van der Waals surface area contributed by atoms with Crippen LogP contribution in [0.1, 0.15) is 30.7 Å². The van der Waals surface area contributed by atoms with E-state index < -0.39 is 0 Å². The fraction of sp³-hybridized carbons (Fsp3) is 0.444. The maximum Gasteiger partial charge on any atom is 0.137 e. The number of rotatable bonds is 1. The van der Waals surface area contributed by atoms with Crippen LogP contribution in [-0.4, -0.2) is 4.98 Å². The number of nitrogens with two attached hydrogens (primary N) is 1. The Hall–Kier alpha value is -0.570. The van der Waals surface area contributed by atoms with E-state index in [9.17, 15) is 0 Å². The van der Waals surface area contributed by atoms with Crippen molar-refractivity contribution in [2.45, 2.75) is 25.2 Å². The molecule has 0 aromatic carbocycles. The van der Waals surface area contributed by atoms with E-state index in [0.717, 1.165) is 10.4 Å². The molecule has 1 saturated carbocycles. The number of anilines is 1. The monoisotopic (exact) mass is 226 g/mol. The Morgan fingerprint density at radius 3 is 2.75 bits per heavy atom. The molecule has 0 amide bonds. The summed E-state index contributed by atoms with van der Waals surface area (Å²) in [5.74, 6) is 1.31. The molecule has 2 N–H and O–H groups in total. The Kier molecular flexibility index (Phi) is 2.05. The van der Waals surface area contributed by atoms with Gasteiger partial charge in [0.25, 0.3) is 0 Å². The van der Waals surface area contributed by atoms with Crippen LogP contribution in [0.4, 0.5) is 5.82 Å². The molecule has 0 bridgehead atoms. The van der Waals surface area contributed by atoms with E-state index >= 15 is 0 Å². The zero-order valence-corrected chi connectivity index (χ0v) is 8.34. The highest BCUT2D eigenvalue weighted by molar-refractivity contribution is 9.10. The standard InChI is InChI=1S/C9H11BrN2/c10-8-4-7(5-12-9(8)11)6-2-1-3-6/h4-6H,1-3H2,(H2,11,12). The van der Waals surface area contributed by atoms with E-state index in [-0.39, 0.29) is 0 Å². The molecule has 0 aliphatic heterocycles. The van der Waals surface area contributed by atoms with Crippen LogP contribution in [0.2, 0.25) is 0 Å². The normalized spacial score (nSPS) is 17.4. The van der Waals surface area contributed by atoms with Crippen molar-refractivity contribution in [1.29, 1.82) is 0 Å². The van der Waals surface area contributed by atoms with Crippen LogP contribution in [0.3, 0.4) is 0 Å². The van der Waals surface area contributed by atoms with Gasteiger partial charge in [0.15, 0.2) is 0 Å². The first kappa shape index (κ1) is 8.05. The molecule has 1 aromatic rings. The molecule has 0 radical (unpaired) electrons. The average molecular weight is 227 g/mol. The third-order valence-corrected chi connectivity index (χ3v) is 3.10. The molecule has 1 aliphatic carbocycles. The summed E-state index contributed by atoms with van der Waals surface area (Å²) in [7, 11) is 0. The summed E-state index contributed by atoms with van der Waals surface area (Å²) < 4.78 is 0.923. The zero-order chi connectivity index (χ0) is 8.55. The molecule has 1 fully saturated rings. The third-order valence-electron chi connectivity index (χ3n) is 2.47. The van der Waals surface area contributed by atoms with Gasteiger partial charge in [0.1, 0.15) is 5.82 Å². The van der Waals surface area contributed by atoms with Crippen molar-refractivity contribution in [3.05, 3.63) is 22.3 Å². The number of halogens is 1. The predicted molar refractivity (Wildman–Crippen MR) is 52.9 cm³/mol. The van der Waals surface area contributed by atoms with Crippen LogP contribution in [0.15, 0.2) is 16.7 Å². The molecule has 0 atom stereocenters. The van der Waals surface area contributed by atoms with Crippen molar-refractivity contribution in [3.8, 4) is 0 Å². The van der Waals surface area contributed by atoms with E-state index in [2.05, 4.69) is 27.0 Å². The predicted octanol–water partition coefficient (Wildman–Crippen LogP) is 2.69. The summed E-state index contributed by atoms with van der Waals surface area (Å²) in [5.41, 5.74) is 6.91. The molecule has 1 aliphatic rings. The van der Waals surface area contributed by atoms with Gasteiger partial charge in [0.05, 0.1) is 4.47 Å². The third kappa shape index (κ3) is 1.33. The summed E-state index contributed by atoms with van der Waals surface area (Å²) in [6.45, 7) is 0. The minimum atomic E-state index is 0.582. The second kappa shape index (κ2) is 3.05. The van der Waals surface area contributed by atoms with E-state index in [4.69, 9.17) is 5.73 Å². The highest BCUT2D eigenvalue weighted by atomic mass is 79.9. The summed E-state index contributed by atoms with van der Waals surface area (Å²) >= 11 is 3.38. The topological polar surface area (TPSA) is 38.9 Å². The van der Waals surface area contributed by atoms with Gasteiger partial charge < -0.3 is 5.73 Å². The first-order valence-electron chi connectivity index (χ1n) is 4.18. The molecule has 0 saturated heterocycles. The first-order valence-corrected chi connectivity index (χ1v) is 4.97. The highest BCUT2D eigenvalue weighted by Gasteiger charge is 2.20. The second-order valence-corrected chi connectivity index (χ2v) is 4.12. The molecular formula is C9H11BrN2. The number of nitrogen functional groups attached to an aromatic ring is 1. The SMILES string of the molecule is Nc1ncc(C2CCC2)cc1Br. The Bertz CT molecular complexity index is 295. The maximum atomic E-state index is 5.59. The Morgan fingerprint density at radius 2 is 2.25 bits per heavy atom. The summed E-state index contributed by atoms with van der Waals surface area (Å²) in [5, 5.41) is 0. The fourth-order valence-corrected chi connectivity index (χ4v) is 1.79. The number of nitrogens with zero attached hydrogens (tertiary/aromatic N) is 1. The van der Waals surface area contributed by atoms with Crippen molar-refractivity contribution in [2.24, 2.45) is 0 Å². The lowest BCUT2D eigenvalue weighted by Crippen LogP contribution is -2.09. The van der Waals surface area contributed by atoms with Crippen LogP contribution in [0.5, 0.6) is 0 Å².